The number of benzene rings is 1. The maximum atomic E-state index is 12.2. The van der Waals surface area contributed by atoms with E-state index in [9.17, 15) is 4.79 Å². The van der Waals surface area contributed by atoms with Crippen LogP contribution in [0.1, 0.15) is 12.0 Å². The fraction of sp³-hybridized carbons (Fsp3) is 0.421. The lowest BCUT2D eigenvalue weighted by Crippen LogP contribution is -2.47. The van der Waals surface area contributed by atoms with E-state index in [1.807, 2.05) is 24.3 Å². The zero-order valence-corrected chi connectivity index (χ0v) is 15.1. The maximum absolute atomic E-state index is 12.2. The molecular weight excluding hydrogens is 346 g/mol. The summed E-state index contributed by atoms with van der Waals surface area (Å²) in [5, 5.41) is 2.97. The number of fused-ring (bicyclic) bond motifs is 1. The number of carbonyl (C=O) groups excluding carboxylic acids is 1. The van der Waals surface area contributed by atoms with Gasteiger partial charge in [0.15, 0.2) is 11.5 Å². The van der Waals surface area contributed by atoms with Crippen LogP contribution in [0, 0.1) is 0 Å². The Balaban J connectivity index is 1.17. The van der Waals surface area contributed by atoms with Gasteiger partial charge in [-0.25, -0.2) is 9.97 Å². The first-order chi connectivity index (χ1) is 13.3. The van der Waals surface area contributed by atoms with Crippen LogP contribution in [0.4, 0.5) is 5.95 Å². The van der Waals surface area contributed by atoms with Gasteiger partial charge in [-0.2, -0.15) is 0 Å². The summed E-state index contributed by atoms with van der Waals surface area (Å²) in [5.41, 5.74) is 1.00. The van der Waals surface area contributed by atoms with Gasteiger partial charge in [0.2, 0.25) is 18.6 Å². The van der Waals surface area contributed by atoms with Crippen molar-refractivity contribution in [3.05, 3.63) is 42.2 Å². The molecule has 8 nitrogen and oxygen atoms in total. The zero-order chi connectivity index (χ0) is 18.5. The SMILES string of the molecule is O=C(CCN1CCN(c2ncccn2)CC1)NCc1ccc2c(c1)OCO2. The summed E-state index contributed by atoms with van der Waals surface area (Å²) in [6.45, 7) is 5.09. The number of hydrogen-bond acceptors (Lipinski definition) is 7. The van der Waals surface area contributed by atoms with E-state index in [-0.39, 0.29) is 12.7 Å². The van der Waals surface area contributed by atoms with Crippen molar-refractivity contribution in [2.24, 2.45) is 0 Å². The van der Waals surface area contributed by atoms with Crippen LogP contribution in [0.2, 0.25) is 0 Å². The number of hydrogen-bond donors (Lipinski definition) is 1. The van der Waals surface area contributed by atoms with E-state index in [0.29, 0.717) is 13.0 Å². The summed E-state index contributed by atoms with van der Waals surface area (Å²) in [4.78, 5) is 25.2. The van der Waals surface area contributed by atoms with E-state index < -0.39 is 0 Å². The van der Waals surface area contributed by atoms with Gasteiger partial charge in [-0.05, 0) is 23.8 Å². The molecule has 2 aliphatic heterocycles. The highest BCUT2D eigenvalue weighted by molar-refractivity contribution is 5.76. The molecule has 142 valence electrons. The van der Waals surface area contributed by atoms with Crippen molar-refractivity contribution in [3.8, 4) is 11.5 Å². The van der Waals surface area contributed by atoms with E-state index in [1.165, 1.54) is 0 Å². The van der Waals surface area contributed by atoms with Crippen LogP contribution in [0.3, 0.4) is 0 Å². The second kappa shape index (κ2) is 8.22. The van der Waals surface area contributed by atoms with Gasteiger partial charge in [-0.1, -0.05) is 6.07 Å². The topological polar surface area (TPSA) is 79.8 Å². The Labute approximate surface area is 158 Å². The van der Waals surface area contributed by atoms with Crippen molar-refractivity contribution in [1.82, 2.24) is 20.2 Å². The molecule has 1 fully saturated rings. The van der Waals surface area contributed by atoms with Crippen LogP contribution in [0.15, 0.2) is 36.7 Å². The molecule has 27 heavy (non-hydrogen) atoms. The minimum absolute atomic E-state index is 0.0569. The van der Waals surface area contributed by atoms with Crippen LogP contribution < -0.4 is 19.7 Å². The minimum atomic E-state index is 0.0569. The highest BCUT2D eigenvalue weighted by atomic mass is 16.7. The average molecular weight is 369 g/mol. The lowest BCUT2D eigenvalue weighted by atomic mass is 10.2. The lowest BCUT2D eigenvalue weighted by molar-refractivity contribution is -0.121. The van der Waals surface area contributed by atoms with Gasteiger partial charge in [-0.3, -0.25) is 9.69 Å². The monoisotopic (exact) mass is 369 g/mol. The van der Waals surface area contributed by atoms with Crippen LogP contribution in [0.5, 0.6) is 11.5 Å². The van der Waals surface area contributed by atoms with Crippen molar-refractivity contribution in [2.75, 3.05) is 44.4 Å². The second-order valence-corrected chi connectivity index (χ2v) is 6.59. The highest BCUT2D eigenvalue weighted by Crippen LogP contribution is 2.32. The van der Waals surface area contributed by atoms with E-state index >= 15 is 0 Å². The van der Waals surface area contributed by atoms with Gasteiger partial charge >= 0.3 is 0 Å². The maximum Gasteiger partial charge on any atom is 0.231 e. The Hall–Kier alpha value is -2.87. The molecule has 0 bridgehead atoms. The van der Waals surface area contributed by atoms with E-state index in [1.54, 1.807) is 12.4 Å². The first-order valence-corrected chi connectivity index (χ1v) is 9.17. The Morgan fingerprint density at radius 2 is 1.85 bits per heavy atom. The summed E-state index contributed by atoms with van der Waals surface area (Å²) in [5.74, 6) is 2.33. The Morgan fingerprint density at radius 3 is 2.67 bits per heavy atom. The van der Waals surface area contributed by atoms with Gasteiger partial charge in [0.05, 0.1) is 0 Å². The predicted molar refractivity (Wildman–Crippen MR) is 99.7 cm³/mol. The van der Waals surface area contributed by atoms with Crippen molar-refractivity contribution in [1.29, 1.82) is 0 Å². The van der Waals surface area contributed by atoms with Crippen molar-refractivity contribution >= 4 is 11.9 Å². The molecule has 2 aromatic rings. The van der Waals surface area contributed by atoms with Crippen molar-refractivity contribution in [2.45, 2.75) is 13.0 Å². The molecule has 0 aliphatic carbocycles. The Bertz CT molecular complexity index is 778. The molecule has 0 unspecified atom stereocenters. The summed E-state index contributed by atoms with van der Waals surface area (Å²) in [6.07, 6.45) is 4.02. The number of amides is 1. The Kier molecular flexibility index (Phi) is 5.34. The molecule has 4 rings (SSSR count). The van der Waals surface area contributed by atoms with E-state index in [4.69, 9.17) is 9.47 Å². The number of aromatic nitrogens is 2. The molecule has 1 amide bonds. The third kappa shape index (κ3) is 4.46. The fourth-order valence-corrected chi connectivity index (χ4v) is 3.23. The number of carbonyl (C=O) groups is 1. The number of nitrogens with one attached hydrogen (secondary N) is 1. The second-order valence-electron chi connectivity index (χ2n) is 6.59. The summed E-state index contributed by atoms with van der Waals surface area (Å²) in [6, 6.07) is 7.55. The number of piperazine rings is 1. The molecule has 0 saturated carbocycles. The molecule has 8 heteroatoms. The molecule has 1 aromatic heterocycles. The largest absolute Gasteiger partial charge is 0.454 e. The van der Waals surface area contributed by atoms with Crippen LogP contribution in [0.25, 0.3) is 0 Å². The quantitative estimate of drug-likeness (QED) is 0.815. The molecule has 0 spiro atoms. The molecule has 1 N–H and O–H groups in total. The van der Waals surface area contributed by atoms with Crippen LogP contribution in [-0.2, 0) is 11.3 Å². The number of anilines is 1. The van der Waals surface area contributed by atoms with E-state index in [0.717, 1.165) is 55.7 Å². The molecule has 1 aromatic carbocycles. The normalized spacial score (nSPS) is 16.4. The lowest BCUT2D eigenvalue weighted by Gasteiger charge is -2.34. The van der Waals surface area contributed by atoms with E-state index in [2.05, 4.69) is 25.1 Å². The van der Waals surface area contributed by atoms with Crippen molar-refractivity contribution in [3.63, 3.8) is 0 Å². The van der Waals surface area contributed by atoms with Crippen LogP contribution in [-0.4, -0.2) is 60.3 Å². The average Bonchev–Trinajstić information content (AvgIpc) is 3.19. The third-order valence-electron chi connectivity index (χ3n) is 4.79. The highest BCUT2D eigenvalue weighted by Gasteiger charge is 2.19. The van der Waals surface area contributed by atoms with Crippen molar-refractivity contribution < 1.29 is 14.3 Å². The molecule has 0 radical (unpaired) electrons. The van der Waals surface area contributed by atoms with Gasteiger partial charge in [0.1, 0.15) is 0 Å². The Morgan fingerprint density at radius 1 is 1.07 bits per heavy atom. The first-order valence-electron chi connectivity index (χ1n) is 9.17. The minimum Gasteiger partial charge on any atom is -0.454 e. The van der Waals surface area contributed by atoms with Gasteiger partial charge in [-0.15, -0.1) is 0 Å². The number of ether oxygens (including phenoxy) is 2. The van der Waals surface area contributed by atoms with Crippen LogP contribution >= 0.6 is 0 Å². The summed E-state index contributed by atoms with van der Waals surface area (Å²) >= 11 is 0. The first kappa shape index (κ1) is 17.5. The number of nitrogens with zero attached hydrogens (tertiary/aromatic N) is 4. The smallest absolute Gasteiger partial charge is 0.231 e. The van der Waals surface area contributed by atoms with Gasteiger partial charge in [0, 0.05) is 58.1 Å². The molecular formula is C19H23N5O3. The number of rotatable bonds is 6. The summed E-state index contributed by atoms with van der Waals surface area (Å²) in [7, 11) is 0. The third-order valence-corrected chi connectivity index (χ3v) is 4.79. The molecule has 2 aliphatic rings. The molecule has 0 atom stereocenters. The summed E-state index contributed by atoms with van der Waals surface area (Å²) < 4.78 is 10.7. The standard InChI is InChI=1S/C19H23N5O3/c25-18(22-13-15-2-3-16-17(12-15)27-14-26-16)4-7-23-8-10-24(11-9-23)19-20-5-1-6-21-19/h1-3,5-6,12H,4,7-11,13-14H2,(H,22,25). The van der Waals surface area contributed by atoms with Gasteiger partial charge in [0.25, 0.3) is 0 Å². The van der Waals surface area contributed by atoms with Gasteiger partial charge < -0.3 is 19.7 Å². The molecule has 1 saturated heterocycles. The fourth-order valence-electron chi connectivity index (χ4n) is 3.23. The molecule has 3 heterocycles. The zero-order valence-electron chi connectivity index (χ0n) is 15.1. The predicted octanol–water partition coefficient (Wildman–Crippen LogP) is 1.03.